The van der Waals surface area contributed by atoms with Gasteiger partial charge in [-0.25, -0.2) is 0 Å². The van der Waals surface area contributed by atoms with Crippen molar-refractivity contribution in [2.45, 2.75) is 20.8 Å². The Morgan fingerprint density at radius 3 is 0.895 bits per heavy atom. The maximum absolute atomic E-state index is 8.07. The second kappa shape index (κ2) is 43.1. The number of rotatable bonds is 7. The second-order valence-electron chi connectivity index (χ2n) is 2.60. The van der Waals surface area contributed by atoms with Crippen molar-refractivity contribution < 1.29 is 35.0 Å². The molecule has 0 aliphatic carbocycles. The molecule has 0 spiro atoms. The number of aliphatic hydroxyl groups is 5. The van der Waals surface area contributed by atoms with Crippen molar-refractivity contribution in [1.29, 1.82) is 0 Å². The summed E-state index contributed by atoms with van der Waals surface area (Å²) < 4.78 is 9.57. The van der Waals surface area contributed by atoms with Gasteiger partial charge in [-0.1, -0.05) is 0 Å². The number of hydrogen-bond acceptors (Lipinski definition) is 7. The first-order chi connectivity index (χ1) is 9.16. The van der Waals surface area contributed by atoms with E-state index >= 15 is 0 Å². The van der Waals surface area contributed by atoms with E-state index in [1.54, 1.807) is 0 Å². The van der Waals surface area contributed by atoms with Gasteiger partial charge in [-0.3, -0.25) is 0 Å². The fourth-order valence-electron chi connectivity index (χ4n) is 0.413. The summed E-state index contributed by atoms with van der Waals surface area (Å²) in [5.74, 6) is 0. The molecule has 0 aromatic heterocycles. The van der Waals surface area contributed by atoms with E-state index in [0.29, 0.717) is 13.2 Å². The standard InChI is InChI=1S/C4H10O2.C4H10O.2C2H6O2/c1-2-6-4-3-5;1-3-5-4-2;2*3-1-2-4/h5H,2-4H2,1H3;3-4H2,1-2H3;2*3-4H,1-2H2. The summed E-state index contributed by atoms with van der Waals surface area (Å²) >= 11 is 0. The van der Waals surface area contributed by atoms with Crippen LogP contribution in [0.1, 0.15) is 20.8 Å². The Bertz CT molecular complexity index is 80.1. The van der Waals surface area contributed by atoms with E-state index in [-0.39, 0.29) is 33.0 Å². The summed E-state index contributed by atoms with van der Waals surface area (Å²) in [6, 6.07) is 0. The minimum absolute atomic E-state index is 0.125. The van der Waals surface area contributed by atoms with Gasteiger partial charge in [0.15, 0.2) is 0 Å². The first-order valence-electron chi connectivity index (χ1n) is 6.36. The SMILES string of the molecule is CCOCC.CCOCCO.OCCO.OCCO. The summed E-state index contributed by atoms with van der Waals surface area (Å²) in [4.78, 5) is 0. The van der Waals surface area contributed by atoms with Crippen LogP contribution in [0.3, 0.4) is 0 Å². The molecular weight excluding hydrogens is 256 g/mol. The molecule has 7 nitrogen and oxygen atoms in total. The van der Waals surface area contributed by atoms with Crippen LogP contribution in [0.4, 0.5) is 0 Å². The third-order valence-corrected chi connectivity index (χ3v) is 1.05. The Morgan fingerprint density at radius 1 is 0.526 bits per heavy atom. The minimum atomic E-state index is -0.125. The maximum atomic E-state index is 8.07. The van der Waals surface area contributed by atoms with E-state index in [2.05, 4.69) is 0 Å². The van der Waals surface area contributed by atoms with Crippen molar-refractivity contribution in [2.24, 2.45) is 0 Å². The molecule has 0 heterocycles. The first kappa shape index (κ1) is 27.1. The van der Waals surface area contributed by atoms with Gasteiger partial charge in [-0.2, -0.15) is 0 Å². The van der Waals surface area contributed by atoms with Crippen LogP contribution in [-0.2, 0) is 9.47 Å². The van der Waals surface area contributed by atoms with Crippen molar-refractivity contribution >= 4 is 0 Å². The highest BCUT2D eigenvalue weighted by atomic mass is 16.5. The Labute approximate surface area is 116 Å². The molecule has 0 unspecified atom stereocenters. The highest BCUT2D eigenvalue weighted by Crippen LogP contribution is 1.66. The van der Waals surface area contributed by atoms with E-state index in [1.807, 2.05) is 20.8 Å². The normalized spacial score (nSPS) is 8.21. The lowest BCUT2D eigenvalue weighted by Crippen LogP contribution is -1.96. The van der Waals surface area contributed by atoms with Crippen LogP contribution in [0.2, 0.25) is 0 Å². The number of hydrogen-bond donors (Lipinski definition) is 5. The lowest BCUT2D eigenvalue weighted by Gasteiger charge is -1.91. The molecule has 122 valence electrons. The van der Waals surface area contributed by atoms with Crippen LogP contribution in [-0.4, -0.2) is 85.0 Å². The van der Waals surface area contributed by atoms with Crippen LogP contribution < -0.4 is 0 Å². The van der Waals surface area contributed by atoms with Crippen molar-refractivity contribution in [3.05, 3.63) is 0 Å². The molecule has 0 radical (unpaired) electrons. The molecule has 0 saturated heterocycles. The average molecular weight is 288 g/mol. The van der Waals surface area contributed by atoms with E-state index in [4.69, 9.17) is 35.0 Å². The molecular formula is C12H32O7. The van der Waals surface area contributed by atoms with E-state index in [0.717, 1.165) is 13.2 Å². The zero-order valence-corrected chi connectivity index (χ0v) is 12.4. The summed E-state index contributed by atoms with van der Waals surface area (Å²) in [6.45, 7) is 8.36. The third kappa shape index (κ3) is 97.0. The van der Waals surface area contributed by atoms with Gasteiger partial charge in [0.05, 0.1) is 39.6 Å². The molecule has 0 aliphatic rings. The van der Waals surface area contributed by atoms with Gasteiger partial charge < -0.3 is 35.0 Å². The molecule has 0 aromatic rings. The van der Waals surface area contributed by atoms with E-state index in [9.17, 15) is 0 Å². The monoisotopic (exact) mass is 288 g/mol. The topological polar surface area (TPSA) is 120 Å². The molecule has 0 saturated carbocycles. The number of aliphatic hydroxyl groups excluding tert-OH is 5. The summed E-state index contributed by atoms with van der Waals surface area (Å²) in [7, 11) is 0. The van der Waals surface area contributed by atoms with E-state index < -0.39 is 0 Å². The first-order valence-corrected chi connectivity index (χ1v) is 6.36. The van der Waals surface area contributed by atoms with Crippen molar-refractivity contribution in [1.82, 2.24) is 0 Å². The molecule has 0 atom stereocenters. The van der Waals surface area contributed by atoms with Crippen LogP contribution in [0.5, 0.6) is 0 Å². The van der Waals surface area contributed by atoms with Gasteiger partial charge in [0.1, 0.15) is 0 Å². The van der Waals surface area contributed by atoms with Gasteiger partial charge in [-0.15, -0.1) is 0 Å². The second-order valence-corrected chi connectivity index (χ2v) is 2.60. The summed E-state index contributed by atoms with van der Waals surface area (Å²) in [5, 5.41) is 38.6. The Balaban J connectivity index is -0.0000000803. The molecule has 0 aromatic carbocycles. The van der Waals surface area contributed by atoms with Gasteiger partial charge in [-0.05, 0) is 20.8 Å². The van der Waals surface area contributed by atoms with Gasteiger partial charge in [0.25, 0.3) is 0 Å². The van der Waals surface area contributed by atoms with Crippen LogP contribution >= 0.6 is 0 Å². The average Bonchev–Trinajstić information content (AvgIpc) is 2.47. The highest BCUT2D eigenvalue weighted by molar-refractivity contribution is 4.18. The van der Waals surface area contributed by atoms with E-state index in [1.165, 1.54) is 0 Å². The molecule has 0 amide bonds. The predicted octanol–water partition coefficient (Wildman–Crippen LogP) is -1.000. The van der Waals surface area contributed by atoms with Gasteiger partial charge in [0, 0.05) is 19.8 Å². The molecule has 0 fully saturated rings. The zero-order valence-electron chi connectivity index (χ0n) is 12.4. The Morgan fingerprint density at radius 2 is 0.842 bits per heavy atom. The summed E-state index contributed by atoms with van der Waals surface area (Å²) in [6.07, 6.45) is 0. The van der Waals surface area contributed by atoms with Crippen LogP contribution in [0, 0.1) is 0 Å². The van der Waals surface area contributed by atoms with Crippen LogP contribution in [0.15, 0.2) is 0 Å². The molecule has 0 bridgehead atoms. The van der Waals surface area contributed by atoms with Crippen molar-refractivity contribution in [3.63, 3.8) is 0 Å². The van der Waals surface area contributed by atoms with Crippen molar-refractivity contribution in [3.8, 4) is 0 Å². The number of ether oxygens (including phenoxy) is 2. The minimum Gasteiger partial charge on any atom is -0.394 e. The van der Waals surface area contributed by atoms with Gasteiger partial charge >= 0.3 is 0 Å². The molecule has 19 heavy (non-hydrogen) atoms. The third-order valence-electron chi connectivity index (χ3n) is 1.05. The fraction of sp³-hybridized carbons (Fsp3) is 1.00. The Hall–Kier alpha value is -0.280. The largest absolute Gasteiger partial charge is 0.394 e. The lowest BCUT2D eigenvalue weighted by atomic mass is 10.8. The fourth-order valence-corrected chi connectivity index (χ4v) is 0.413. The highest BCUT2D eigenvalue weighted by Gasteiger charge is 1.73. The smallest absolute Gasteiger partial charge is 0.0697 e. The van der Waals surface area contributed by atoms with Crippen molar-refractivity contribution in [2.75, 3.05) is 59.5 Å². The molecule has 5 N–H and O–H groups in total. The summed E-state index contributed by atoms with van der Waals surface area (Å²) in [5.41, 5.74) is 0. The predicted molar refractivity (Wildman–Crippen MR) is 74.1 cm³/mol. The van der Waals surface area contributed by atoms with Gasteiger partial charge in [0.2, 0.25) is 0 Å². The molecule has 0 aliphatic heterocycles. The van der Waals surface area contributed by atoms with Crippen LogP contribution in [0.25, 0.3) is 0 Å². The Kier molecular flexibility index (Phi) is 61.5. The zero-order chi connectivity index (χ0) is 15.8. The quantitative estimate of drug-likeness (QED) is 0.381. The molecule has 7 heteroatoms. The maximum Gasteiger partial charge on any atom is 0.0697 e. The molecule has 0 rings (SSSR count). The lowest BCUT2D eigenvalue weighted by molar-refractivity contribution is 0.102.